The third-order valence-electron chi connectivity index (χ3n) is 7.35. The molecule has 0 saturated heterocycles. The second-order valence-electron chi connectivity index (χ2n) is 9.91. The number of aliphatic hydroxyl groups excluding tert-OH is 1. The summed E-state index contributed by atoms with van der Waals surface area (Å²) in [5.74, 6) is 1.44. The number of phenolic OH excluding ortho intramolecular Hbond substituents is 1. The third kappa shape index (κ3) is 4.79. The number of hydrogen-bond donors (Lipinski definition) is 2. The number of fused-ring (bicyclic) bond motifs is 1. The minimum atomic E-state index is -0.325. The number of hydrogen-bond acceptors (Lipinski definition) is 3. The van der Waals surface area contributed by atoms with E-state index in [1.165, 1.54) is 31.2 Å². The van der Waals surface area contributed by atoms with Crippen LogP contribution in [-0.2, 0) is 10.2 Å². The maximum absolute atomic E-state index is 12.1. The van der Waals surface area contributed by atoms with Gasteiger partial charge in [0.15, 0.2) is 0 Å². The van der Waals surface area contributed by atoms with Gasteiger partial charge in [0.05, 0.1) is 6.10 Å². The van der Waals surface area contributed by atoms with Crippen LogP contribution in [0.3, 0.4) is 0 Å². The lowest BCUT2D eigenvalue weighted by molar-refractivity contribution is -0.124. The van der Waals surface area contributed by atoms with Crippen molar-refractivity contribution < 1.29 is 15.0 Å². The molecule has 28 heavy (non-hydrogen) atoms. The van der Waals surface area contributed by atoms with Crippen LogP contribution < -0.4 is 0 Å². The first kappa shape index (κ1) is 21.4. The van der Waals surface area contributed by atoms with E-state index in [4.69, 9.17) is 0 Å². The van der Waals surface area contributed by atoms with Crippen molar-refractivity contribution in [2.45, 2.75) is 102 Å². The zero-order valence-electron chi connectivity index (χ0n) is 17.9. The molecule has 4 atom stereocenters. The molecule has 2 saturated carbocycles. The van der Waals surface area contributed by atoms with Crippen LogP contribution in [0, 0.1) is 11.8 Å². The van der Waals surface area contributed by atoms with Gasteiger partial charge in [0.2, 0.25) is 0 Å². The fourth-order valence-corrected chi connectivity index (χ4v) is 5.54. The molecule has 0 unspecified atom stereocenters. The van der Waals surface area contributed by atoms with E-state index in [1.54, 1.807) is 0 Å². The monoisotopic (exact) mass is 386 g/mol. The quantitative estimate of drug-likeness (QED) is 0.577. The summed E-state index contributed by atoms with van der Waals surface area (Å²) in [7, 11) is 0. The number of Topliss-reactive ketones (excluding diaryl/α,β-unsaturated/α-hetero) is 1. The minimum Gasteiger partial charge on any atom is -0.508 e. The van der Waals surface area contributed by atoms with Crippen molar-refractivity contribution in [3.63, 3.8) is 0 Å². The Bertz CT molecular complexity index is 678. The molecule has 156 valence electrons. The average molecular weight is 387 g/mol. The summed E-state index contributed by atoms with van der Waals surface area (Å²) >= 11 is 0. The van der Waals surface area contributed by atoms with E-state index in [0.717, 1.165) is 24.8 Å². The molecule has 3 nitrogen and oxygen atoms in total. The number of aliphatic hydroxyl groups is 1. The van der Waals surface area contributed by atoms with E-state index in [9.17, 15) is 15.0 Å². The molecule has 3 rings (SSSR count). The van der Waals surface area contributed by atoms with E-state index in [0.29, 0.717) is 36.7 Å². The number of aromatic hydroxyl groups is 1. The zero-order valence-corrected chi connectivity index (χ0v) is 17.9. The van der Waals surface area contributed by atoms with Gasteiger partial charge < -0.3 is 10.2 Å². The fraction of sp³-hybridized carbons (Fsp3) is 0.720. The highest BCUT2D eigenvalue weighted by molar-refractivity contribution is 5.79. The number of ketones is 1. The van der Waals surface area contributed by atoms with Gasteiger partial charge in [-0.2, -0.15) is 0 Å². The molecule has 1 aromatic carbocycles. The number of rotatable bonds is 7. The molecule has 2 aliphatic carbocycles. The first-order valence-electron chi connectivity index (χ1n) is 11.3. The molecule has 2 aliphatic rings. The first-order chi connectivity index (χ1) is 13.3. The summed E-state index contributed by atoms with van der Waals surface area (Å²) in [6.07, 6.45) is 9.40. The van der Waals surface area contributed by atoms with Gasteiger partial charge in [-0.1, -0.05) is 58.6 Å². The molecule has 0 aliphatic heterocycles. The fourth-order valence-electron chi connectivity index (χ4n) is 5.54. The van der Waals surface area contributed by atoms with Gasteiger partial charge in [-0.15, -0.1) is 0 Å². The Kier molecular flexibility index (Phi) is 6.85. The van der Waals surface area contributed by atoms with Crippen molar-refractivity contribution in [3.8, 4) is 5.75 Å². The molecule has 0 aromatic heterocycles. The van der Waals surface area contributed by atoms with Crippen LogP contribution in [0.1, 0.15) is 102 Å². The van der Waals surface area contributed by atoms with Crippen LogP contribution in [0.5, 0.6) is 5.75 Å². The largest absolute Gasteiger partial charge is 0.508 e. The van der Waals surface area contributed by atoms with E-state index in [1.807, 2.05) is 6.07 Å². The van der Waals surface area contributed by atoms with E-state index in [-0.39, 0.29) is 23.4 Å². The van der Waals surface area contributed by atoms with E-state index < -0.39 is 0 Å². The molecule has 0 bridgehead atoms. The van der Waals surface area contributed by atoms with Crippen LogP contribution in [0.15, 0.2) is 18.2 Å². The van der Waals surface area contributed by atoms with Crippen LogP contribution >= 0.6 is 0 Å². The van der Waals surface area contributed by atoms with Crippen LogP contribution in [0.2, 0.25) is 0 Å². The SMILES string of the molecule is CCCCCCC(C)(C)c1ccc([C@H]2C[C@@H](O)C[C@H]3CCC(=O)C[C@@H]32)c(O)c1. The zero-order chi connectivity index (χ0) is 20.3. The maximum Gasteiger partial charge on any atom is 0.133 e. The number of phenols is 1. The molecular formula is C25H38O3. The van der Waals surface area contributed by atoms with Crippen LogP contribution in [0.4, 0.5) is 0 Å². The van der Waals surface area contributed by atoms with Gasteiger partial charge in [-0.25, -0.2) is 0 Å². The average Bonchev–Trinajstić information content (AvgIpc) is 2.65. The molecule has 3 heteroatoms. The minimum absolute atomic E-state index is 0.0408. The summed E-state index contributed by atoms with van der Waals surface area (Å²) in [5.41, 5.74) is 2.14. The lowest BCUT2D eigenvalue weighted by atomic mass is 9.62. The van der Waals surface area contributed by atoms with E-state index in [2.05, 4.69) is 32.9 Å². The molecule has 0 amide bonds. The summed E-state index contributed by atoms with van der Waals surface area (Å²) in [4.78, 5) is 12.1. The Morgan fingerprint density at radius 2 is 1.93 bits per heavy atom. The molecule has 2 N–H and O–H groups in total. The van der Waals surface area contributed by atoms with Gasteiger partial charge in [0, 0.05) is 12.8 Å². The molecule has 0 spiro atoms. The third-order valence-corrected chi connectivity index (χ3v) is 7.35. The molecule has 0 radical (unpaired) electrons. The summed E-state index contributed by atoms with van der Waals surface area (Å²) < 4.78 is 0. The lowest BCUT2D eigenvalue weighted by Crippen LogP contribution is -2.38. The summed E-state index contributed by atoms with van der Waals surface area (Å²) in [5, 5.41) is 21.3. The smallest absolute Gasteiger partial charge is 0.133 e. The number of unbranched alkanes of at least 4 members (excludes halogenated alkanes) is 3. The van der Waals surface area contributed by atoms with Gasteiger partial charge in [-0.05, 0) is 66.0 Å². The molecule has 1 aromatic rings. The molecular weight excluding hydrogens is 348 g/mol. The van der Waals surface area contributed by atoms with Gasteiger partial charge in [0.1, 0.15) is 11.5 Å². The van der Waals surface area contributed by atoms with Crippen LogP contribution in [-0.4, -0.2) is 22.1 Å². The standard InChI is InChI=1S/C25H38O3/c1-4-5-6-7-12-25(2,3)18-9-11-21(24(28)14-18)23-16-20(27)13-17-8-10-19(26)15-22(17)23/h9,11,14,17,20,22-23,27-28H,4-8,10,12-13,15-16H2,1-3H3/t17-,20+,22+,23-/m1/s1. The maximum atomic E-state index is 12.1. The van der Waals surface area contributed by atoms with Gasteiger partial charge in [0.25, 0.3) is 0 Å². The number of carbonyl (C=O) groups is 1. The summed E-state index contributed by atoms with van der Waals surface area (Å²) in [6, 6.07) is 6.17. The Hall–Kier alpha value is -1.35. The Balaban J connectivity index is 1.78. The number of benzene rings is 1. The van der Waals surface area contributed by atoms with Crippen molar-refractivity contribution in [2.75, 3.05) is 0 Å². The molecule has 0 heterocycles. The Morgan fingerprint density at radius 1 is 1.14 bits per heavy atom. The summed E-state index contributed by atoms with van der Waals surface area (Å²) in [6.45, 7) is 6.75. The highest BCUT2D eigenvalue weighted by Crippen LogP contribution is 2.49. The van der Waals surface area contributed by atoms with Crippen molar-refractivity contribution in [1.29, 1.82) is 0 Å². The predicted molar refractivity (Wildman–Crippen MR) is 114 cm³/mol. The van der Waals surface area contributed by atoms with Crippen molar-refractivity contribution in [2.24, 2.45) is 11.8 Å². The predicted octanol–water partition coefficient (Wildman–Crippen LogP) is 5.86. The molecule has 2 fully saturated rings. The van der Waals surface area contributed by atoms with Gasteiger partial charge in [-0.3, -0.25) is 4.79 Å². The van der Waals surface area contributed by atoms with Crippen molar-refractivity contribution in [1.82, 2.24) is 0 Å². The highest BCUT2D eigenvalue weighted by Gasteiger charge is 2.42. The highest BCUT2D eigenvalue weighted by atomic mass is 16.3. The van der Waals surface area contributed by atoms with Crippen molar-refractivity contribution >= 4 is 5.78 Å². The first-order valence-corrected chi connectivity index (χ1v) is 11.3. The lowest BCUT2D eigenvalue weighted by Gasteiger charge is -2.43. The normalized spacial score (nSPS) is 28.2. The Labute approximate surface area is 170 Å². The second-order valence-corrected chi connectivity index (χ2v) is 9.91. The van der Waals surface area contributed by atoms with Crippen molar-refractivity contribution in [3.05, 3.63) is 29.3 Å². The van der Waals surface area contributed by atoms with Gasteiger partial charge >= 0.3 is 0 Å². The second kappa shape index (κ2) is 8.98. The topological polar surface area (TPSA) is 57.5 Å². The van der Waals surface area contributed by atoms with E-state index >= 15 is 0 Å². The number of carbonyl (C=O) groups excluding carboxylic acids is 1. The van der Waals surface area contributed by atoms with Crippen LogP contribution in [0.25, 0.3) is 0 Å². The Morgan fingerprint density at radius 3 is 2.64 bits per heavy atom.